The number of benzene rings is 1. The van der Waals surface area contributed by atoms with Crippen LogP contribution in [0.3, 0.4) is 0 Å². The van der Waals surface area contributed by atoms with Crippen molar-refractivity contribution < 1.29 is 39.0 Å². The third-order valence-electron chi connectivity index (χ3n) is 8.46. The van der Waals surface area contributed by atoms with E-state index in [0.717, 1.165) is 54.9 Å². The molecule has 1 aromatic heterocycles. The molecule has 0 radical (unpaired) electrons. The number of aliphatic hydroxyl groups is 2. The van der Waals surface area contributed by atoms with Gasteiger partial charge in [-0.05, 0) is 58.8 Å². The summed E-state index contributed by atoms with van der Waals surface area (Å²) in [6, 6.07) is 8.52. The predicted molar refractivity (Wildman–Crippen MR) is 232 cm³/mol. The number of carboxylic acid groups (broad SMARTS) is 1. The number of hydrogen-bond acceptors (Lipinski definition) is 10. The maximum Gasteiger partial charge on any atom is 0.327 e. The van der Waals surface area contributed by atoms with E-state index in [1.54, 1.807) is 13.8 Å². The van der Waals surface area contributed by atoms with Crippen LogP contribution in [0.5, 0.6) is 0 Å². The molecule has 2 rings (SSSR count). The van der Waals surface area contributed by atoms with Crippen LogP contribution < -0.4 is 10.6 Å². The number of carbonyl (C=O) groups excluding carboxylic acids is 3. The molecule has 0 aliphatic heterocycles. The maximum atomic E-state index is 13.4. The number of nitrogens with one attached hydrogen (secondary N) is 2. The highest BCUT2D eigenvalue weighted by Gasteiger charge is 2.39. The van der Waals surface area contributed by atoms with Gasteiger partial charge in [-0.25, -0.2) is 4.79 Å². The molecule has 0 bridgehead atoms. The van der Waals surface area contributed by atoms with Gasteiger partial charge >= 0.3 is 5.97 Å². The summed E-state index contributed by atoms with van der Waals surface area (Å²) in [5.74, 6) is -3.19. The van der Waals surface area contributed by atoms with Gasteiger partial charge in [0.1, 0.15) is 11.7 Å². The number of aromatic nitrogens is 1. The van der Waals surface area contributed by atoms with E-state index in [4.69, 9.17) is 4.52 Å². The molecule has 5 N–H and O–H groups in total. The molecule has 11 nitrogen and oxygen atoms in total. The molecule has 310 valence electrons. The molecule has 0 aliphatic carbocycles. The zero-order valence-corrected chi connectivity index (χ0v) is 34.9. The van der Waals surface area contributed by atoms with Crippen LogP contribution in [0.4, 0.5) is 0 Å². The lowest BCUT2D eigenvalue weighted by atomic mass is 9.88. The molecule has 0 saturated heterocycles. The highest BCUT2D eigenvalue weighted by Crippen LogP contribution is 2.43. The fraction of sp³-hybridized carbons (Fsp3) is 0.432. The largest absolute Gasteiger partial charge is 0.480 e. The lowest BCUT2D eigenvalue weighted by Gasteiger charge is -2.33. The molecular formula is C44H59N3O8S2. The Morgan fingerprint density at radius 1 is 0.807 bits per heavy atom. The van der Waals surface area contributed by atoms with E-state index in [1.165, 1.54) is 16.9 Å². The summed E-state index contributed by atoms with van der Waals surface area (Å²) in [5.41, 5.74) is 0.770. The minimum absolute atomic E-state index is 0.00298. The first kappa shape index (κ1) is 48.7. The van der Waals surface area contributed by atoms with Crippen molar-refractivity contribution in [2.24, 2.45) is 5.92 Å². The minimum Gasteiger partial charge on any atom is -0.480 e. The second kappa shape index (κ2) is 28.9. The van der Waals surface area contributed by atoms with Crippen LogP contribution in [0.2, 0.25) is 0 Å². The van der Waals surface area contributed by atoms with Gasteiger partial charge in [0, 0.05) is 35.0 Å². The standard InChI is InChI=1S/C44H59N3O8S2/c1-4-5-6-7-8-9-10-11-12-13-14-15-16-17-18-19-20-21-25-28-41(51)46-38(43(53)54)33-56-57-44(2,3)36(42(52)45-35(31-48)32-49)29-39(50)37-30-40(55-47-37)34-26-23-22-24-27-34/h5-6,8-9,11-12,14-15,17-18,20-24,26-27,30,35-36,38,48-49H,4,7,10,13,16,19,25,28-29,31-33H2,1-3H3,(H,45,52)(H,46,51)(H,53,54)/b6-5-,9-8-,12-11-,15-14-,18-17-,21-20-/t36-,38+/m1/s1. The van der Waals surface area contributed by atoms with Gasteiger partial charge in [0.05, 0.1) is 25.2 Å². The molecule has 2 atom stereocenters. The Morgan fingerprint density at radius 3 is 1.88 bits per heavy atom. The van der Waals surface area contributed by atoms with Gasteiger partial charge in [-0.15, -0.1) is 0 Å². The Hall–Kier alpha value is -4.43. The Labute approximate surface area is 345 Å². The van der Waals surface area contributed by atoms with Crippen LogP contribution in [0.15, 0.2) is 114 Å². The van der Waals surface area contributed by atoms with Crippen molar-refractivity contribution in [3.63, 3.8) is 0 Å². The SMILES string of the molecule is CC/C=C\C/C=C\C/C=C\C/C=C\C/C=C\C/C=C\CCC(=O)N[C@@H](CSSC(C)(C)[C@H](CC(=O)c1cc(-c2ccccc2)on1)C(=O)NC(CO)CO)C(=O)O. The highest BCUT2D eigenvalue weighted by molar-refractivity contribution is 8.77. The monoisotopic (exact) mass is 821 g/mol. The number of aliphatic carboxylic acids is 1. The predicted octanol–water partition coefficient (Wildman–Crippen LogP) is 8.21. The Bertz CT molecular complexity index is 1680. The highest BCUT2D eigenvalue weighted by atomic mass is 33.1. The molecule has 1 heterocycles. The van der Waals surface area contributed by atoms with Gasteiger partial charge < -0.3 is 30.5 Å². The zero-order valence-electron chi connectivity index (χ0n) is 33.3. The lowest BCUT2D eigenvalue weighted by Crippen LogP contribution is -2.48. The summed E-state index contributed by atoms with van der Waals surface area (Å²) in [6.07, 6.45) is 31.1. The third-order valence-corrected chi connectivity index (χ3v) is 11.8. The van der Waals surface area contributed by atoms with Crippen LogP contribution in [0.25, 0.3) is 11.3 Å². The van der Waals surface area contributed by atoms with Crippen molar-refractivity contribution in [3.8, 4) is 11.3 Å². The molecule has 2 amide bonds. The van der Waals surface area contributed by atoms with Crippen LogP contribution >= 0.6 is 21.6 Å². The number of nitrogens with zero attached hydrogens (tertiary/aromatic N) is 1. The average Bonchev–Trinajstić information content (AvgIpc) is 3.70. The van der Waals surface area contributed by atoms with E-state index >= 15 is 0 Å². The normalized spacial score (nSPS) is 13.6. The van der Waals surface area contributed by atoms with Crippen LogP contribution in [0.1, 0.15) is 89.0 Å². The van der Waals surface area contributed by atoms with E-state index in [9.17, 15) is 34.5 Å². The second-order valence-electron chi connectivity index (χ2n) is 13.6. The molecule has 0 spiro atoms. The number of carboxylic acids is 1. The number of carbonyl (C=O) groups is 4. The van der Waals surface area contributed by atoms with Crippen LogP contribution in [-0.4, -0.2) is 79.8 Å². The summed E-state index contributed by atoms with van der Waals surface area (Å²) in [6.45, 7) is 4.61. The number of hydrogen-bond donors (Lipinski definition) is 5. The number of ketones is 1. The Morgan fingerprint density at radius 2 is 1.35 bits per heavy atom. The van der Waals surface area contributed by atoms with E-state index in [0.29, 0.717) is 12.2 Å². The summed E-state index contributed by atoms with van der Waals surface area (Å²) >= 11 is 0. The molecule has 2 aromatic rings. The molecule has 1 aromatic carbocycles. The van der Waals surface area contributed by atoms with Crippen molar-refractivity contribution >= 4 is 45.2 Å². The third kappa shape index (κ3) is 20.5. The number of amides is 2. The van der Waals surface area contributed by atoms with Crippen LogP contribution in [-0.2, 0) is 14.4 Å². The number of rotatable bonds is 29. The molecule has 57 heavy (non-hydrogen) atoms. The number of allylic oxidation sites excluding steroid dienone is 12. The number of aliphatic hydroxyl groups excluding tert-OH is 2. The van der Waals surface area contributed by atoms with Crippen LogP contribution in [0, 0.1) is 5.92 Å². The second-order valence-corrected chi connectivity index (χ2v) is 16.6. The Balaban J connectivity index is 1.82. The van der Waals surface area contributed by atoms with Gasteiger partial charge in [0.2, 0.25) is 11.8 Å². The minimum atomic E-state index is -1.19. The van der Waals surface area contributed by atoms with Crippen molar-refractivity contribution in [2.75, 3.05) is 19.0 Å². The zero-order chi connectivity index (χ0) is 41.7. The summed E-state index contributed by atoms with van der Waals surface area (Å²) in [4.78, 5) is 51.5. The van der Waals surface area contributed by atoms with Gasteiger partial charge in [-0.2, -0.15) is 0 Å². The fourth-order valence-corrected chi connectivity index (χ4v) is 8.06. The smallest absolute Gasteiger partial charge is 0.327 e. The molecule has 0 aliphatic rings. The van der Waals surface area contributed by atoms with Crippen molar-refractivity contribution in [1.29, 1.82) is 0 Å². The molecule has 0 unspecified atom stereocenters. The lowest BCUT2D eigenvalue weighted by molar-refractivity contribution is -0.141. The van der Waals surface area contributed by atoms with Crippen molar-refractivity contribution in [3.05, 3.63) is 115 Å². The summed E-state index contributed by atoms with van der Waals surface area (Å²) < 4.78 is 4.43. The first-order valence-corrected chi connectivity index (χ1v) is 21.6. The summed E-state index contributed by atoms with van der Waals surface area (Å²) in [5, 5.41) is 38.0. The van der Waals surface area contributed by atoms with E-state index in [1.807, 2.05) is 42.5 Å². The number of Topliss-reactive ketones (excluding diaryl/α,β-unsaturated/α-hetero) is 1. The fourth-order valence-electron chi connectivity index (χ4n) is 5.15. The van der Waals surface area contributed by atoms with E-state index < -0.39 is 59.5 Å². The van der Waals surface area contributed by atoms with E-state index in [-0.39, 0.29) is 24.3 Å². The molecule has 0 saturated carbocycles. The van der Waals surface area contributed by atoms with E-state index in [2.05, 4.69) is 83.5 Å². The first-order valence-electron chi connectivity index (χ1n) is 19.3. The molecular weight excluding hydrogens is 763 g/mol. The topological polar surface area (TPSA) is 179 Å². The first-order chi connectivity index (χ1) is 27.5. The Kier molecular flexibility index (Phi) is 24.7. The average molecular weight is 822 g/mol. The maximum absolute atomic E-state index is 13.4. The van der Waals surface area contributed by atoms with Gasteiger partial charge in [-0.3, -0.25) is 14.4 Å². The molecule has 13 heteroatoms. The van der Waals surface area contributed by atoms with Gasteiger partial charge in [0.25, 0.3) is 0 Å². The van der Waals surface area contributed by atoms with Crippen molar-refractivity contribution in [1.82, 2.24) is 15.8 Å². The van der Waals surface area contributed by atoms with Gasteiger partial charge in [0.15, 0.2) is 11.5 Å². The van der Waals surface area contributed by atoms with Crippen molar-refractivity contribution in [2.45, 2.75) is 95.4 Å². The summed E-state index contributed by atoms with van der Waals surface area (Å²) in [7, 11) is 2.36. The van der Waals surface area contributed by atoms with Gasteiger partial charge in [-0.1, -0.05) is 137 Å². The molecule has 0 fully saturated rings. The quantitative estimate of drug-likeness (QED) is 0.0303.